The molecule has 0 aliphatic rings. The highest BCUT2D eigenvalue weighted by Gasteiger charge is 2.09. The molecular weight excluding hydrogens is 142 g/mol. The van der Waals surface area contributed by atoms with E-state index in [1.807, 2.05) is 0 Å². The van der Waals surface area contributed by atoms with Crippen LogP contribution in [0.1, 0.15) is 6.92 Å². The van der Waals surface area contributed by atoms with Crippen LogP contribution in [-0.2, 0) is 0 Å². The van der Waals surface area contributed by atoms with Crippen LogP contribution in [0, 0.1) is 0 Å². The molecule has 0 saturated heterocycles. The number of rotatable bonds is 0. The monoisotopic (exact) mass is 148 g/mol. The number of aliphatic hydroxyl groups is 1. The Kier molecular flexibility index (Phi) is 6.90. The molecule has 0 fully saturated rings. The van der Waals surface area contributed by atoms with E-state index in [0.717, 1.165) is 14.0 Å². The van der Waals surface area contributed by atoms with E-state index in [1.54, 1.807) is 0 Å². The standard InChI is InChI=1S/C2H3Cl2F.CH4O/c1-2(3,4)5;1-2/h1H3;2H,1H3. The lowest BCUT2D eigenvalue weighted by Crippen LogP contribution is -1.90. The predicted molar refractivity (Wildman–Crippen MR) is 29.4 cm³/mol. The van der Waals surface area contributed by atoms with Gasteiger partial charge in [0.25, 0.3) is 4.59 Å². The minimum absolute atomic E-state index is 1.00. The summed E-state index contributed by atoms with van der Waals surface area (Å²) in [5, 5.41) is 7.00. The van der Waals surface area contributed by atoms with Gasteiger partial charge in [-0.15, -0.1) is 0 Å². The second-order valence-electron chi connectivity index (χ2n) is 0.781. The van der Waals surface area contributed by atoms with Gasteiger partial charge in [-0.05, 0) is 6.92 Å². The minimum atomic E-state index is -2.06. The molecule has 0 amide bonds. The zero-order valence-electron chi connectivity index (χ0n) is 4.08. The van der Waals surface area contributed by atoms with Gasteiger partial charge in [0.15, 0.2) is 0 Å². The van der Waals surface area contributed by atoms with E-state index in [2.05, 4.69) is 23.2 Å². The first kappa shape index (κ1) is 10.5. The lowest BCUT2D eigenvalue weighted by molar-refractivity contribution is 0.399. The second-order valence-corrected chi connectivity index (χ2v) is 2.39. The van der Waals surface area contributed by atoms with Crippen molar-refractivity contribution in [3.05, 3.63) is 0 Å². The van der Waals surface area contributed by atoms with Crippen LogP contribution in [0.5, 0.6) is 0 Å². The van der Waals surface area contributed by atoms with Crippen LogP contribution < -0.4 is 0 Å². The number of alkyl halides is 3. The first-order chi connectivity index (χ1) is 3.00. The quantitative estimate of drug-likeness (QED) is 0.519. The van der Waals surface area contributed by atoms with Crippen LogP contribution in [0.2, 0.25) is 0 Å². The molecule has 0 radical (unpaired) electrons. The summed E-state index contributed by atoms with van der Waals surface area (Å²) in [6.07, 6.45) is 0. The molecule has 1 nitrogen and oxygen atoms in total. The van der Waals surface area contributed by atoms with Crippen molar-refractivity contribution in [1.82, 2.24) is 0 Å². The summed E-state index contributed by atoms with van der Waals surface area (Å²) in [6, 6.07) is 0. The van der Waals surface area contributed by atoms with Gasteiger partial charge >= 0.3 is 0 Å². The van der Waals surface area contributed by atoms with Crippen molar-refractivity contribution in [2.75, 3.05) is 7.11 Å². The fourth-order valence-corrected chi connectivity index (χ4v) is 0. The second kappa shape index (κ2) is 4.62. The SMILES string of the molecule is CC(F)(Cl)Cl.CO. The zero-order chi connectivity index (χ0) is 6.50. The number of halogens is 3. The number of aliphatic hydroxyl groups excluding tert-OH is 1. The Morgan fingerprint density at radius 2 is 1.43 bits per heavy atom. The van der Waals surface area contributed by atoms with Crippen LogP contribution >= 0.6 is 23.2 Å². The van der Waals surface area contributed by atoms with Crippen LogP contribution in [0.3, 0.4) is 0 Å². The molecule has 0 aliphatic heterocycles. The number of hydrogen-bond acceptors (Lipinski definition) is 1. The van der Waals surface area contributed by atoms with Gasteiger partial charge in [0, 0.05) is 7.11 Å². The predicted octanol–water partition coefficient (Wildman–Crippen LogP) is 1.72. The van der Waals surface area contributed by atoms with Crippen molar-refractivity contribution in [1.29, 1.82) is 0 Å². The van der Waals surface area contributed by atoms with E-state index in [4.69, 9.17) is 5.11 Å². The fourth-order valence-electron chi connectivity index (χ4n) is 0. The van der Waals surface area contributed by atoms with Crippen molar-refractivity contribution in [2.24, 2.45) is 0 Å². The average molecular weight is 149 g/mol. The van der Waals surface area contributed by atoms with Crippen molar-refractivity contribution in [3.8, 4) is 0 Å². The summed E-state index contributed by atoms with van der Waals surface area (Å²) in [7, 11) is 1.00. The molecule has 0 aromatic carbocycles. The first-order valence-electron chi connectivity index (χ1n) is 1.51. The molecule has 46 valence electrons. The summed E-state index contributed by atoms with van der Waals surface area (Å²) < 4.78 is 9.16. The number of hydrogen-bond donors (Lipinski definition) is 1. The van der Waals surface area contributed by atoms with Gasteiger partial charge in [0.05, 0.1) is 0 Å². The average Bonchev–Trinajstić information content (AvgIpc) is 1.36. The van der Waals surface area contributed by atoms with Crippen LogP contribution in [0.25, 0.3) is 0 Å². The third-order valence-corrected chi connectivity index (χ3v) is 0. The highest BCUT2D eigenvalue weighted by Crippen LogP contribution is 2.19. The fraction of sp³-hybridized carbons (Fsp3) is 1.00. The van der Waals surface area contributed by atoms with Crippen LogP contribution in [0.15, 0.2) is 0 Å². The molecule has 4 heteroatoms. The smallest absolute Gasteiger partial charge is 0.254 e. The van der Waals surface area contributed by atoms with Gasteiger partial charge < -0.3 is 5.11 Å². The normalized spacial score (nSPS) is 9.43. The van der Waals surface area contributed by atoms with E-state index < -0.39 is 4.59 Å². The molecule has 0 spiro atoms. The Balaban J connectivity index is 0. The van der Waals surface area contributed by atoms with Gasteiger partial charge in [-0.25, -0.2) is 4.39 Å². The molecule has 0 aliphatic carbocycles. The van der Waals surface area contributed by atoms with Gasteiger partial charge in [0.2, 0.25) is 0 Å². The van der Waals surface area contributed by atoms with Gasteiger partial charge in [-0.3, -0.25) is 0 Å². The van der Waals surface area contributed by atoms with Gasteiger partial charge in [-0.2, -0.15) is 0 Å². The molecule has 0 aromatic heterocycles. The van der Waals surface area contributed by atoms with Crippen molar-refractivity contribution < 1.29 is 9.50 Å². The summed E-state index contributed by atoms with van der Waals surface area (Å²) in [4.78, 5) is 0. The topological polar surface area (TPSA) is 20.2 Å². The third-order valence-electron chi connectivity index (χ3n) is 0. The Morgan fingerprint density at radius 1 is 1.43 bits per heavy atom. The largest absolute Gasteiger partial charge is 0.400 e. The summed E-state index contributed by atoms with van der Waals surface area (Å²) in [5.74, 6) is 0. The highest BCUT2D eigenvalue weighted by molar-refractivity contribution is 6.46. The van der Waals surface area contributed by atoms with Crippen molar-refractivity contribution in [3.63, 3.8) is 0 Å². The van der Waals surface area contributed by atoms with E-state index in [-0.39, 0.29) is 0 Å². The van der Waals surface area contributed by atoms with Crippen molar-refractivity contribution >= 4 is 23.2 Å². The lowest BCUT2D eigenvalue weighted by Gasteiger charge is -1.92. The maximum absolute atomic E-state index is 11.2. The molecule has 7 heavy (non-hydrogen) atoms. The molecule has 0 rings (SSSR count). The molecule has 1 N–H and O–H groups in total. The van der Waals surface area contributed by atoms with E-state index in [9.17, 15) is 4.39 Å². The Hall–Kier alpha value is 0.470. The Bertz CT molecular complexity index is 28.4. The summed E-state index contributed by atoms with van der Waals surface area (Å²) in [6.45, 7) is 1.05. The van der Waals surface area contributed by atoms with E-state index >= 15 is 0 Å². The summed E-state index contributed by atoms with van der Waals surface area (Å²) in [5.41, 5.74) is 0. The van der Waals surface area contributed by atoms with Gasteiger partial charge in [-0.1, -0.05) is 23.2 Å². The molecule has 0 heterocycles. The maximum atomic E-state index is 11.2. The van der Waals surface area contributed by atoms with Gasteiger partial charge in [0.1, 0.15) is 0 Å². The molecular formula is C3H7Cl2FO. The third kappa shape index (κ3) is 585. The molecule has 0 atom stereocenters. The maximum Gasteiger partial charge on any atom is 0.254 e. The summed E-state index contributed by atoms with van der Waals surface area (Å²) >= 11 is 9.26. The lowest BCUT2D eigenvalue weighted by atomic mass is 10.9. The minimum Gasteiger partial charge on any atom is -0.400 e. The molecule has 0 unspecified atom stereocenters. The molecule has 0 bridgehead atoms. The first-order valence-corrected chi connectivity index (χ1v) is 2.27. The zero-order valence-corrected chi connectivity index (χ0v) is 5.59. The molecule has 0 saturated carbocycles. The van der Waals surface area contributed by atoms with Crippen molar-refractivity contribution in [2.45, 2.75) is 11.5 Å². The highest BCUT2D eigenvalue weighted by atomic mass is 35.5. The van der Waals surface area contributed by atoms with E-state index in [0.29, 0.717) is 0 Å². The van der Waals surface area contributed by atoms with Crippen LogP contribution in [-0.4, -0.2) is 16.8 Å². The van der Waals surface area contributed by atoms with E-state index in [1.165, 1.54) is 0 Å². The Morgan fingerprint density at radius 3 is 1.43 bits per heavy atom. The molecule has 0 aromatic rings. The van der Waals surface area contributed by atoms with Crippen LogP contribution in [0.4, 0.5) is 4.39 Å². The Labute approximate surface area is 52.0 Å².